The van der Waals surface area contributed by atoms with Gasteiger partial charge in [0.25, 0.3) is 10.0 Å². The number of nitrogen functional groups attached to an aromatic ring is 1. The van der Waals surface area contributed by atoms with E-state index in [-0.39, 0.29) is 21.6 Å². The number of imidazole rings is 1. The maximum atomic E-state index is 13.3. The van der Waals surface area contributed by atoms with E-state index >= 15 is 0 Å². The molecule has 1 aromatic carbocycles. The molecule has 110 valence electrons. The van der Waals surface area contributed by atoms with Crippen molar-refractivity contribution in [3.8, 4) is 0 Å². The molecule has 3 aromatic rings. The Bertz CT molecular complexity index is 915. The second kappa shape index (κ2) is 4.86. The van der Waals surface area contributed by atoms with Gasteiger partial charge in [-0.05, 0) is 18.2 Å². The first-order chi connectivity index (χ1) is 9.87. The summed E-state index contributed by atoms with van der Waals surface area (Å²) >= 11 is 6.95. The Morgan fingerprint density at radius 2 is 2.14 bits per heavy atom. The quantitative estimate of drug-likeness (QED) is 0.762. The summed E-state index contributed by atoms with van der Waals surface area (Å²) in [6.07, 6.45) is 1.54. The number of anilines is 2. The van der Waals surface area contributed by atoms with E-state index in [0.717, 1.165) is 12.1 Å². The van der Waals surface area contributed by atoms with Crippen molar-refractivity contribution >= 4 is 49.4 Å². The van der Waals surface area contributed by atoms with Crippen LogP contribution in [0.3, 0.4) is 0 Å². The molecule has 0 saturated heterocycles. The largest absolute Gasteiger partial charge is 0.381 e. The van der Waals surface area contributed by atoms with Crippen LogP contribution in [0, 0.1) is 5.82 Å². The number of fused-ring (bicyclic) bond motifs is 1. The molecule has 3 N–H and O–H groups in total. The fraction of sp³-hybridized carbons (Fsp3) is 0. The third-order valence-corrected chi connectivity index (χ3v) is 5.01. The number of rotatable bonds is 3. The fourth-order valence-corrected chi connectivity index (χ4v) is 4.12. The van der Waals surface area contributed by atoms with Gasteiger partial charge in [-0.2, -0.15) is 8.42 Å². The number of nitrogens with two attached hydrogens (primary N) is 1. The molecule has 0 spiro atoms. The third-order valence-electron chi connectivity index (χ3n) is 2.61. The van der Waals surface area contributed by atoms with Gasteiger partial charge in [-0.25, -0.2) is 9.37 Å². The van der Waals surface area contributed by atoms with Crippen molar-refractivity contribution in [1.29, 1.82) is 0 Å². The molecule has 2 heterocycles. The van der Waals surface area contributed by atoms with Gasteiger partial charge in [-0.1, -0.05) is 11.6 Å². The van der Waals surface area contributed by atoms with Crippen LogP contribution in [0.25, 0.3) is 4.96 Å². The van der Waals surface area contributed by atoms with Crippen molar-refractivity contribution in [2.45, 2.75) is 5.03 Å². The Labute approximate surface area is 128 Å². The second-order valence-electron chi connectivity index (χ2n) is 4.12. The summed E-state index contributed by atoms with van der Waals surface area (Å²) in [7, 11) is -4.02. The number of hydrogen-bond acceptors (Lipinski definition) is 5. The van der Waals surface area contributed by atoms with Crippen LogP contribution in [0.2, 0.25) is 5.02 Å². The summed E-state index contributed by atoms with van der Waals surface area (Å²) < 4.78 is 41.7. The van der Waals surface area contributed by atoms with E-state index in [0.29, 0.717) is 4.96 Å². The number of thiazole rings is 1. The van der Waals surface area contributed by atoms with E-state index in [1.807, 2.05) is 0 Å². The first kappa shape index (κ1) is 14.1. The topological polar surface area (TPSA) is 89.5 Å². The van der Waals surface area contributed by atoms with Gasteiger partial charge in [0.2, 0.25) is 5.03 Å². The van der Waals surface area contributed by atoms with Crippen molar-refractivity contribution < 1.29 is 12.8 Å². The lowest BCUT2D eigenvalue weighted by Gasteiger charge is -2.08. The Hall–Kier alpha value is -1.84. The molecule has 0 aliphatic rings. The summed E-state index contributed by atoms with van der Waals surface area (Å²) in [5, 5.41) is 1.56. The smallest absolute Gasteiger partial charge is 0.281 e. The van der Waals surface area contributed by atoms with Gasteiger partial charge in [0.15, 0.2) is 10.8 Å². The van der Waals surface area contributed by atoms with Crippen molar-refractivity contribution in [2.75, 3.05) is 10.5 Å². The first-order valence-electron chi connectivity index (χ1n) is 5.57. The molecule has 0 atom stereocenters. The monoisotopic (exact) mass is 346 g/mol. The Morgan fingerprint density at radius 3 is 2.86 bits per heavy atom. The molecule has 0 radical (unpaired) electrons. The number of sulfonamides is 1. The number of aromatic nitrogens is 2. The van der Waals surface area contributed by atoms with Crippen LogP contribution in [-0.2, 0) is 10.0 Å². The molecule has 0 fully saturated rings. The standard InChI is InChI=1S/C11H8ClFN4O2S2/c12-6-3-7(13)5-8(4-6)16-21(18,19)10-9(14)15-11-17(10)1-2-20-11/h1-5,16H,14H2. The summed E-state index contributed by atoms with van der Waals surface area (Å²) in [5.74, 6) is -0.779. The van der Waals surface area contributed by atoms with E-state index in [1.54, 1.807) is 5.38 Å². The van der Waals surface area contributed by atoms with Gasteiger partial charge in [-0.15, -0.1) is 11.3 Å². The second-order valence-corrected chi connectivity index (χ2v) is 7.03. The molecule has 10 heteroatoms. The Morgan fingerprint density at radius 1 is 1.38 bits per heavy atom. The summed E-state index contributed by atoms with van der Waals surface area (Å²) in [5.41, 5.74) is 5.66. The number of nitrogens with zero attached hydrogens (tertiary/aromatic N) is 2. The van der Waals surface area contributed by atoms with Crippen LogP contribution in [0.1, 0.15) is 0 Å². The fourth-order valence-electron chi connectivity index (χ4n) is 1.87. The van der Waals surface area contributed by atoms with Crippen LogP contribution in [0.15, 0.2) is 34.8 Å². The Kier molecular flexibility index (Phi) is 3.27. The average Bonchev–Trinajstić information content (AvgIpc) is 2.85. The van der Waals surface area contributed by atoms with Crippen LogP contribution in [0.5, 0.6) is 0 Å². The molecule has 2 aromatic heterocycles. The maximum absolute atomic E-state index is 13.3. The van der Waals surface area contributed by atoms with Gasteiger partial charge in [0.05, 0.1) is 5.69 Å². The van der Waals surface area contributed by atoms with E-state index in [9.17, 15) is 12.8 Å². The van der Waals surface area contributed by atoms with Crippen LogP contribution in [0.4, 0.5) is 15.9 Å². The van der Waals surface area contributed by atoms with E-state index in [1.165, 1.54) is 28.0 Å². The van der Waals surface area contributed by atoms with Gasteiger partial charge in [0.1, 0.15) is 5.82 Å². The zero-order valence-electron chi connectivity index (χ0n) is 10.2. The first-order valence-corrected chi connectivity index (χ1v) is 8.31. The summed E-state index contributed by atoms with van der Waals surface area (Å²) in [6, 6.07) is 3.39. The molecule has 6 nitrogen and oxygen atoms in total. The average molecular weight is 347 g/mol. The molecular formula is C11H8ClFN4O2S2. The summed E-state index contributed by atoms with van der Waals surface area (Å²) in [6.45, 7) is 0. The van der Waals surface area contributed by atoms with Gasteiger partial charge in [0, 0.05) is 16.6 Å². The minimum Gasteiger partial charge on any atom is -0.381 e. The molecule has 0 aliphatic heterocycles. The number of halogens is 2. The highest BCUT2D eigenvalue weighted by atomic mass is 35.5. The predicted octanol–water partition coefficient (Wildman–Crippen LogP) is 2.57. The van der Waals surface area contributed by atoms with Gasteiger partial charge < -0.3 is 5.73 Å². The molecule has 0 bridgehead atoms. The number of benzene rings is 1. The normalized spacial score (nSPS) is 11.9. The van der Waals surface area contributed by atoms with Crippen molar-refractivity contribution in [1.82, 2.24) is 9.38 Å². The van der Waals surface area contributed by atoms with Crippen LogP contribution < -0.4 is 10.5 Å². The van der Waals surface area contributed by atoms with Crippen LogP contribution >= 0.6 is 22.9 Å². The van der Waals surface area contributed by atoms with Crippen LogP contribution in [-0.4, -0.2) is 17.8 Å². The molecule has 0 unspecified atom stereocenters. The molecule has 0 amide bonds. The third kappa shape index (κ3) is 2.55. The van der Waals surface area contributed by atoms with E-state index in [2.05, 4.69) is 9.71 Å². The SMILES string of the molecule is Nc1nc2sccn2c1S(=O)(=O)Nc1cc(F)cc(Cl)c1. The lowest BCUT2D eigenvalue weighted by Crippen LogP contribution is -2.16. The molecule has 3 rings (SSSR count). The molecule has 21 heavy (non-hydrogen) atoms. The lowest BCUT2D eigenvalue weighted by atomic mass is 10.3. The van der Waals surface area contributed by atoms with Gasteiger partial charge in [-0.3, -0.25) is 9.12 Å². The van der Waals surface area contributed by atoms with Crippen molar-refractivity contribution in [3.63, 3.8) is 0 Å². The highest BCUT2D eigenvalue weighted by molar-refractivity contribution is 7.92. The Balaban J connectivity index is 2.08. The minimum absolute atomic E-state index is 0.00424. The molecule has 0 saturated carbocycles. The highest BCUT2D eigenvalue weighted by Gasteiger charge is 2.24. The highest BCUT2D eigenvalue weighted by Crippen LogP contribution is 2.26. The van der Waals surface area contributed by atoms with Gasteiger partial charge >= 0.3 is 0 Å². The predicted molar refractivity (Wildman–Crippen MR) is 79.7 cm³/mol. The lowest BCUT2D eigenvalue weighted by molar-refractivity contribution is 0.597. The van der Waals surface area contributed by atoms with E-state index in [4.69, 9.17) is 17.3 Å². The molecular weight excluding hydrogens is 339 g/mol. The van der Waals surface area contributed by atoms with E-state index < -0.39 is 15.8 Å². The van der Waals surface area contributed by atoms with Crippen molar-refractivity contribution in [3.05, 3.63) is 40.6 Å². The minimum atomic E-state index is -4.02. The zero-order chi connectivity index (χ0) is 15.2. The number of hydrogen-bond donors (Lipinski definition) is 2. The summed E-state index contributed by atoms with van der Waals surface area (Å²) in [4.78, 5) is 4.41. The maximum Gasteiger partial charge on any atom is 0.281 e. The van der Waals surface area contributed by atoms with Crippen molar-refractivity contribution in [2.24, 2.45) is 0 Å². The number of nitrogens with one attached hydrogen (secondary N) is 1. The zero-order valence-corrected chi connectivity index (χ0v) is 12.6. The molecule has 0 aliphatic carbocycles.